The third kappa shape index (κ3) is 2.87. The van der Waals surface area contributed by atoms with Crippen molar-refractivity contribution in [1.82, 2.24) is 4.98 Å². The van der Waals surface area contributed by atoms with E-state index in [1.54, 1.807) is 6.92 Å². The minimum absolute atomic E-state index is 0.0518. The predicted molar refractivity (Wildman–Crippen MR) is 67.8 cm³/mol. The highest BCUT2D eigenvalue weighted by molar-refractivity contribution is 6.66. The number of nitrogens with zero attached hydrogens (tertiary/aromatic N) is 2. The van der Waals surface area contributed by atoms with Gasteiger partial charge in [-0.05, 0) is 4.98 Å². The van der Waals surface area contributed by atoms with Crippen LogP contribution in [0.15, 0.2) is 0 Å². The maximum atomic E-state index is 11.9. The van der Waals surface area contributed by atoms with Crippen LogP contribution in [-0.2, 0) is 3.79 Å². The first-order valence-corrected chi connectivity index (χ1v) is 6.08. The van der Waals surface area contributed by atoms with Gasteiger partial charge in [0.25, 0.3) is 3.79 Å². The maximum absolute atomic E-state index is 11.9. The molecule has 1 aromatic rings. The van der Waals surface area contributed by atoms with Crippen LogP contribution in [0.4, 0.5) is 0 Å². The smallest absolute Gasteiger partial charge is 0.354 e. The van der Waals surface area contributed by atoms with Gasteiger partial charge >= 0.3 is 5.82 Å². The number of methoxy groups -OCH3 is 1. The number of rotatable bonds is 2. The van der Waals surface area contributed by atoms with Crippen LogP contribution < -0.4 is 9.47 Å². The fourth-order valence-corrected chi connectivity index (χ4v) is 1.83. The van der Waals surface area contributed by atoms with Crippen molar-refractivity contribution in [3.05, 3.63) is 22.4 Å². The number of aromatic nitrogens is 2. The van der Waals surface area contributed by atoms with Crippen molar-refractivity contribution >= 4 is 34.8 Å². The van der Waals surface area contributed by atoms with E-state index >= 15 is 0 Å². The first kappa shape index (κ1) is 14.6. The largest absolute Gasteiger partial charge is 0.710 e. The Bertz CT molecular complexity index is 431. The summed E-state index contributed by atoms with van der Waals surface area (Å²) in [6.45, 7) is 5.43. The number of hydrogen-bond donors (Lipinski definition) is 0. The molecular formula is C10H13Cl3N2O2. The van der Waals surface area contributed by atoms with E-state index in [-0.39, 0.29) is 11.7 Å². The summed E-state index contributed by atoms with van der Waals surface area (Å²) >= 11 is 17.1. The zero-order chi connectivity index (χ0) is 13.4. The second kappa shape index (κ2) is 5.04. The Balaban J connectivity index is 3.58. The molecule has 1 heterocycles. The van der Waals surface area contributed by atoms with Crippen LogP contribution in [0, 0.1) is 12.1 Å². The summed E-state index contributed by atoms with van der Waals surface area (Å²) in [6.07, 6.45) is 0. The van der Waals surface area contributed by atoms with Crippen LogP contribution in [0.5, 0.6) is 5.75 Å². The van der Waals surface area contributed by atoms with Gasteiger partial charge in [-0.1, -0.05) is 48.7 Å². The zero-order valence-electron chi connectivity index (χ0n) is 9.92. The first-order chi connectivity index (χ1) is 7.70. The minimum Gasteiger partial charge on any atom is -0.710 e. The molecule has 17 heavy (non-hydrogen) atoms. The lowest BCUT2D eigenvalue weighted by atomic mass is 10.1. The normalized spacial score (nSPS) is 12.0. The van der Waals surface area contributed by atoms with Crippen LogP contribution in [0.3, 0.4) is 0 Å². The quantitative estimate of drug-likeness (QED) is 0.479. The summed E-state index contributed by atoms with van der Waals surface area (Å²) in [4.78, 5) is 4.10. The molecule has 1 aromatic heterocycles. The number of ether oxygens (including phenoxy) is 1. The number of hydrogen-bond acceptors (Lipinski definition) is 3. The third-order valence-electron chi connectivity index (χ3n) is 2.29. The van der Waals surface area contributed by atoms with E-state index in [1.807, 2.05) is 13.8 Å². The molecule has 0 fully saturated rings. The highest BCUT2D eigenvalue weighted by Crippen LogP contribution is 2.37. The predicted octanol–water partition coefficient (Wildman–Crippen LogP) is 2.98. The van der Waals surface area contributed by atoms with Crippen molar-refractivity contribution < 1.29 is 9.47 Å². The van der Waals surface area contributed by atoms with Crippen LogP contribution in [0.2, 0.25) is 0 Å². The molecule has 96 valence electrons. The molecule has 0 aromatic carbocycles. The van der Waals surface area contributed by atoms with E-state index in [9.17, 15) is 5.21 Å². The Hall–Kier alpha value is -0.450. The monoisotopic (exact) mass is 298 g/mol. The summed E-state index contributed by atoms with van der Waals surface area (Å²) in [5, 5.41) is 11.9. The second-order valence-corrected chi connectivity index (χ2v) is 6.17. The molecule has 0 atom stereocenters. The molecule has 0 radical (unpaired) electrons. The Morgan fingerprint density at radius 1 is 1.35 bits per heavy atom. The lowest BCUT2D eigenvalue weighted by molar-refractivity contribution is -0.625. The van der Waals surface area contributed by atoms with Gasteiger partial charge in [-0.2, -0.15) is 0 Å². The molecule has 0 saturated carbocycles. The van der Waals surface area contributed by atoms with Crippen molar-refractivity contribution in [3.63, 3.8) is 0 Å². The zero-order valence-corrected chi connectivity index (χ0v) is 12.2. The van der Waals surface area contributed by atoms with Crippen molar-refractivity contribution in [3.8, 4) is 5.75 Å². The third-order valence-corrected chi connectivity index (χ3v) is 2.80. The van der Waals surface area contributed by atoms with Gasteiger partial charge in [-0.3, -0.25) is 0 Å². The lowest BCUT2D eigenvalue weighted by Gasteiger charge is -2.18. The van der Waals surface area contributed by atoms with Gasteiger partial charge < -0.3 is 9.94 Å². The fraction of sp³-hybridized carbons (Fsp3) is 0.600. The highest BCUT2D eigenvalue weighted by atomic mass is 35.6. The Kier molecular flexibility index (Phi) is 4.33. The van der Waals surface area contributed by atoms with Gasteiger partial charge in [0.2, 0.25) is 11.4 Å². The van der Waals surface area contributed by atoms with Gasteiger partial charge in [-0.25, -0.2) is 4.73 Å². The van der Waals surface area contributed by atoms with Crippen LogP contribution in [0.1, 0.15) is 37.0 Å². The topological polar surface area (TPSA) is 49.1 Å². The molecule has 0 N–H and O–H groups in total. The standard InChI is InChI=1S/C10H13Cl3N2O2/c1-5(2)7-8(17-4)6(3)15(16)9(14-7)10(11,12)13/h5H,1-4H3. The summed E-state index contributed by atoms with van der Waals surface area (Å²) in [7, 11) is 1.48. The van der Waals surface area contributed by atoms with Crippen molar-refractivity contribution in [1.29, 1.82) is 0 Å². The van der Waals surface area contributed by atoms with E-state index in [0.29, 0.717) is 21.9 Å². The van der Waals surface area contributed by atoms with Crippen LogP contribution in [-0.4, -0.2) is 12.1 Å². The van der Waals surface area contributed by atoms with Crippen molar-refractivity contribution in [2.75, 3.05) is 7.11 Å². The minimum atomic E-state index is -1.86. The van der Waals surface area contributed by atoms with Crippen LogP contribution >= 0.6 is 34.8 Å². The summed E-state index contributed by atoms with van der Waals surface area (Å²) in [6, 6.07) is 0. The maximum Gasteiger partial charge on any atom is 0.354 e. The molecule has 0 aliphatic rings. The SMILES string of the molecule is COc1c(C(C)C)nc(C(Cl)(Cl)Cl)[n+]([O-])c1C. The molecule has 0 spiro atoms. The molecule has 0 aliphatic heterocycles. The number of halogens is 3. The second-order valence-electron chi connectivity index (χ2n) is 3.89. The Labute approximate surface area is 115 Å². The molecule has 0 saturated heterocycles. The molecule has 7 heteroatoms. The molecule has 0 aliphatic carbocycles. The van der Waals surface area contributed by atoms with E-state index < -0.39 is 3.79 Å². The first-order valence-electron chi connectivity index (χ1n) is 4.95. The van der Waals surface area contributed by atoms with Gasteiger partial charge in [0.1, 0.15) is 5.69 Å². The molecule has 0 amide bonds. The van der Waals surface area contributed by atoms with E-state index in [0.717, 1.165) is 0 Å². The van der Waals surface area contributed by atoms with E-state index in [4.69, 9.17) is 39.5 Å². The molecular weight excluding hydrogens is 286 g/mol. The number of alkyl halides is 3. The lowest BCUT2D eigenvalue weighted by Crippen LogP contribution is -2.41. The highest BCUT2D eigenvalue weighted by Gasteiger charge is 2.38. The van der Waals surface area contributed by atoms with Gasteiger partial charge in [0.15, 0.2) is 0 Å². The summed E-state index contributed by atoms with van der Waals surface area (Å²) in [5.74, 6) is 0.313. The van der Waals surface area contributed by atoms with Gasteiger partial charge in [-0.15, -0.1) is 0 Å². The van der Waals surface area contributed by atoms with Crippen molar-refractivity contribution in [2.45, 2.75) is 30.5 Å². The molecule has 1 rings (SSSR count). The Morgan fingerprint density at radius 2 is 1.88 bits per heavy atom. The van der Waals surface area contributed by atoms with E-state index in [1.165, 1.54) is 7.11 Å². The molecule has 0 bridgehead atoms. The summed E-state index contributed by atoms with van der Waals surface area (Å²) in [5.41, 5.74) is 0.922. The van der Waals surface area contributed by atoms with Crippen LogP contribution in [0.25, 0.3) is 0 Å². The molecule has 4 nitrogen and oxygen atoms in total. The van der Waals surface area contributed by atoms with Gasteiger partial charge in [0, 0.05) is 12.8 Å². The van der Waals surface area contributed by atoms with E-state index in [2.05, 4.69) is 4.98 Å². The Morgan fingerprint density at radius 3 is 2.24 bits per heavy atom. The van der Waals surface area contributed by atoms with Gasteiger partial charge in [0.05, 0.1) is 7.11 Å². The fourth-order valence-electron chi connectivity index (χ4n) is 1.47. The average molecular weight is 300 g/mol. The van der Waals surface area contributed by atoms with Crippen molar-refractivity contribution in [2.24, 2.45) is 0 Å². The molecule has 0 unspecified atom stereocenters. The summed E-state index contributed by atoms with van der Waals surface area (Å²) < 4.78 is 3.80. The average Bonchev–Trinajstić information content (AvgIpc) is 2.19.